The number of hydrogen-bond acceptors (Lipinski definition) is 2. The zero-order valence-corrected chi connectivity index (χ0v) is 12.6. The number of hydrogen-bond donors (Lipinski definition) is 1. The van der Waals surface area contributed by atoms with Gasteiger partial charge in [0.2, 0.25) is 0 Å². The Hall–Kier alpha value is -0.180. The summed E-state index contributed by atoms with van der Waals surface area (Å²) in [5, 5.41) is 1.40. The third-order valence-electron chi connectivity index (χ3n) is 2.83. The molecule has 96 valence electrons. The topological polar surface area (TPSA) is 26.0 Å². The van der Waals surface area contributed by atoms with Crippen LogP contribution in [0.2, 0.25) is 5.02 Å². The van der Waals surface area contributed by atoms with Gasteiger partial charge in [0, 0.05) is 16.2 Å². The van der Waals surface area contributed by atoms with Gasteiger partial charge in [-0.2, -0.15) is 0 Å². The lowest BCUT2D eigenvalue weighted by Crippen LogP contribution is -2.18. The molecular weight excluding hydrogens is 250 g/mol. The fourth-order valence-electron chi connectivity index (χ4n) is 1.52. The molecule has 17 heavy (non-hydrogen) atoms. The van der Waals surface area contributed by atoms with Crippen LogP contribution in [0.15, 0.2) is 23.1 Å². The molecule has 0 spiro atoms. The normalized spacial score (nSPS) is 15.0. The maximum atomic E-state index is 6.30. The Morgan fingerprint density at radius 2 is 1.88 bits per heavy atom. The zero-order valence-electron chi connectivity index (χ0n) is 11.0. The molecule has 0 aliphatic rings. The van der Waals surface area contributed by atoms with E-state index in [1.165, 1.54) is 10.5 Å². The van der Waals surface area contributed by atoms with E-state index in [0.29, 0.717) is 11.2 Å². The summed E-state index contributed by atoms with van der Waals surface area (Å²) in [4.78, 5) is 1.20. The van der Waals surface area contributed by atoms with Gasteiger partial charge >= 0.3 is 0 Å². The Morgan fingerprint density at radius 1 is 1.24 bits per heavy atom. The zero-order chi connectivity index (χ0) is 13.0. The Bertz CT molecular complexity index is 363. The van der Waals surface area contributed by atoms with Gasteiger partial charge in [-0.3, -0.25) is 0 Å². The Kier molecular flexibility index (Phi) is 5.84. The average molecular weight is 272 g/mol. The molecular formula is C14H22ClNS. The van der Waals surface area contributed by atoms with Gasteiger partial charge in [0.05, 0.1) is 5.02 Å². The van der Waals surface area contributed by atoms with E-state index in [4.69, 9.17) is 17.3 Å². The van der Waals surface area contributed by atoms with Crippen molar-refractivity contribution in [2.45, 2.75) is 50.3 Å². The molecule has 0 fully saturated rings. The van der Waals surface area contributed by atoms with Gasteiger partial charge in [0.25, 0.3) is 0 Å². The summed E-state index contributed by atoms with van der Waals surface area (Å²) in [6.45, 7) is 8.75. The first-order valence-corrected chi connectivity index (χ1v) is 7.37. The summed E-state index contributed by atoms with van der Waals surface area (Å²) < 4.78 is 0. The highest BCUT2D eigenvalue weighted by atomic mass is 35.5. The molecule has 0 aromatic heterocycles. The molecule has 1 aromatic rings. The van der Waals surface area contributed by atoms with Crippen LogP contribution in [-0.4, -0.2) is 11.3 Å². The molecule has 2 atom stereocenters. The van der Waals surface area contributed by atoms with Gasteiger partial charge in [-0.15, -0.1) is 11.8 Å². The van der Waals surface area contributed by atoms with Crippen LogP contribution in [0.5, 0.6) is 0 Å². The van der Waals surface area contributed by atoms with Crippen LogP contribution in [-0.2, 0) is 6.42 Å². The summed E-state index contributed by atoms with van der Waals surface area (Å²) >= 11 is 8.16. The molecule has 1 aromatic carbocycles. The predicted molar refractivity (Wildman–Crippen MR) is 79.0 cm³/mol. The van der Waals surface area contributed by atoms with Crippen LogP contribution >= 0.6 is 23.4 Å². The summed E-state index contributed by atoms with van der Waals surface area (Å²) in [5.41, 5.74) is 7.15. The molecule has 0 heterocycles. The molecule has 2 N–H and O–H groups in total. The smallest absolute Gasteiger partial charge is 0.0544 e. The first-order chi connectivity index (χ1) is 7.91. The van der Waals surface area contributed by atoms with Crippen molar-refractivity contribution < 1.29 is 0 Å². The maximum Gasteiger partial charge on any atom is 0.0544 e. The molecule has 1 nitrogen and oxygen atoms in total. The third kappa shape index (κ3) is 4.53. The molecule has 0 amide bonds. The van der Waals surface area contributed by atoms with Crippen LogP contribution in [0.1, 0.15) is 33.3 Å². The van der Waals surface area contributed by atoms with Crippen molar-refractivity contribution in [2.24, 2.45) is 11.7 Å². The molecule has 0 aliphatic heterocycles. The molecule has 0 bridgehead atoms. The van der Waals surface area contributed by atoms with Crippen molar-refractivity contribution in [1.82, 2.24) is 0 Å². The van der Waals surface area contributed by atoms with E-state index in [0.717, 1.165) is 11.4 Å². The lowest BCUT2D eigenvalue weighted by atomic mass is 10.1. The highest BCUT2D eigenvalue weighted by Gasteiger charge is 2.15. The fourth-order valence-corrected chi connectivity index (χ4v) is 2.97. The number of thioether (sulfide) groups is 1. The lowest BCUT2D eigenvalue weighted by Gasteiger charge is -2.19. The standard InChI is InChI=1S/C14H22ClNS/c1-9(2)11(4)17-14-12(8-10(3)16)6-5-7-13(14)15/h5-7,9-11H,8,16H2,1-4H3. The van der Waals surface area contributed by atoms with Crippen molar-refractivity contribution in [3.05, 3.63) is 28.8 Å². The number of nitrogens with two attached hydrogens (primary N) is 1. The average Bonchev–Trinajstić information content (AvgIpc) is 2.22. The van der Waals surface area contributed by atoms with Crippen LogP contribution in [0, 0.1) is 5.92 Å². The number of benzene rings is 1. The molecule has 0 saturated carbocycles. The van der Waals surface area contributed by atoms with Gasteiger partial charge in [-0.1, -0.05) is 44.5 Å². The van der Waals surface area contributed by atoms with E-state index >= 15 is 0 Å². The van der Waals surface area contributed by atoms with E-state index in [2.05, 4.69) is 26.8 Å². The molecule has 0 radical (unpaired) electrons. The van der Waals surface area contributed by atoms with Gasteiger partial charge in [0.15, 0.2) is 0 Å². The second-order valence-electron chi connectivity index (χ2n) is 4.98. The lowest BCUT2D eigenvalue weighted by molar-refractivity contribution is 0.641. The van der Waals surface area contributed by atoms with E-state index in [9.17, 15) is 0 Å². The minimum Gasteiger partial charge on any atom is -0.328 e. The van der Waals surface area contributed by atoms with Crippen molar-refractivity contribution in [2.75, 3.05) is 0 Å². The molecule has 0 aliphatic carbocycles. The second-order valence-corrected chi connectivity index (χ2v) is 6.77. The SMILES string of the molecule is CC(N)Cc1cccc(Cl)c1SC(C)C(C)C. The summed E-state index contributed by atoms with van der Waals surface area (Å²) in [7, 11) is 0. The first kappa shape index (κ1) is 14.9. The quantitative estimate of drug-likeness (QED) is 0.805. The Labute approximate surface area is 114 Å². The monoisotopic (exact) mass is 271 g/mol. The van der Waals surface area contributed by atoms with Gasteiger partial charge in [-0.25, -0.2) is 0 Å². The van der Waals surface area contributed by atoms with Crippen molar-refractivity contribution in [3.8, 4) is 0 Å². The van der Waals surface area contributed by atoms with E-state index in [-0.39, 0.29) is 6.04 Å². The van der Waals surface area contributed by atoms with Crippen molar-refractivity contribution in [3.63, 3.8) is 0 Å². The largest absolute Gasteiger partial charge is 0.328 e. The third-order valence-corrected chi connectivity index (χ3v) is 4.89. The predicted octanol–water partition coefficient (Wildman–Crippen LogP) is 4.37. The Morgan fingerprint density at radius 3 is 2.41 bits per heavy atom. The highest BCUT2D eigenvalue weighted by Crippen LogP contribution is 2.36. The first-order valence-electron chi connectivity index (χ1n) is 6.11. The summed E-state index contributed by atoms with van der Waals surface area (Å²) in [5.74, 6) is 0.638. The van der Waals surface area contributed by atoms with E-state index < -0.39 is 0 Å². The highest BCUT2D eigenvalue weighted by molar-refractivity contribution is 8.00. The van der Waals surface area contributed by atoms with Gasteiger partial charge in [-0.05, 0) is 30.9 Å². The van der Waals surface area contributed by atoms with Crippen LogP contribution in [0.3, 0.4) is 0 Å². The second kappa shape index (κ2) is 6.67. The minimum absolute atomic E-state index is 0.169. The van der Waals surface area contributed by atoms with E-state index in [1.54, 1.807) is 0 Å². The van der Waals surface area contributed by atoms with E-state index in [1.807, 2.05) is 30.8 Å². The molecule has 3 heteroatoms. The van der Waals surface area contributed by atoms with Gasteiger partial charge in [0.1, 0.15) is 0 Å². The Balaban J connectivity index is 2.95. The molecule has 2 unspecified atom stereocenters. The fraction of sp³-hybridized carbons (Fsp3) is 0.571. The molecule has 1 rings (SSSR count). The van der Waals surface area contributed by atoms with Gasteiger partial charge < -0.3 is 5.73 Å². The summed E-state index contributed by atoms with van der Waals surface area (Å²) in [6, 6.07) is 6.26. The van der Waals surface area contributed by atoms with Crippen molar-refractivity contribution in [1.29, 1.82) is 0 Å². The van der Waals surface area contributed by atoms with Crippen LogP contribution in [0.4, 0.5) is 0 Å². The summed E-state index contributed by atoms with van der Waals surface area (Å²) in [6.07, 6.45) is 0.883. The van der Waals surface area contributed by atoms with Crippen molar-refractivity contribution >= 4 is 23.4 Å². The van der Waals surface area contributed by atoms with Crippen LogP contribution in [0.25, 0.3) is 0 Å². The minimum atomic E-state index is 0.169. The molecule has 0 saturated heterocycles. The number of rotatable bonds is 5. The maximum absolute atomic E-state index is 6.30. The van der Waals surface area contributed by atoms with Crippen LogP contribution < -0.4 is 5.73 Å². The number of halogens is 1.